The van der Waals surface area contributed by atoms with Crippen molar-refractivity contribution >= 4 is 0 Å². The van der Waals surface area contributed by atoms with Gasteiger partial charge in [0.05, 0.1) is 12.5 Å². The molecule has 0 saturated heterocycles. The smallest absolute Gasteiger partial charge is 0.185 e. The quantitative estimate of drug-likeness (QED) is 0.642. The molecular weight excluding hydrogens is 195 g/mol. The van der Waals surface area contributed by atoms with Gasteiger partial charge in [-0.1, -0.05) is 0 Å². The molecule has 0 aromatic heterocycles. The van der Waals surface area contributed by atoms with E-state index in [1.165, 1.54) is 0 Å². The van der Waals surface area contributed by atoms with E-state index in [0.717, 1.165) is 0 Å². The molecule has 0 fully saturated rings. The Balaban J connectivity index is 2.99. The molecule has 0 bridgehead atoms. The lowest BCUT2D eigenvalue weighted by molar-refractivity contribution is 0.0126. The number of alkyl halides is 3. The molecule has 76 valence electrons. The summed E-state index contributed by atoms with van der Waals surface area (Å²) in [5, 5.41) is 8.40. The minimum absolute atomic E-state index is 1.07. The average Bonchev–Trinajstić information content (AvgIpc) is 2.13. The van der Waals surface area contributed by atoms with Gasteiger partial charge in [-0.25, -0.2) is 22.0 Å². The summed E-state index contributed by atoms with van der Waals surface area (Å²) in [5.41, 5.74) is 0. The van der Waals surface area contributed by atoms with Gasteiger partial charge in [0, 0.05) is 0 Å². The Kier molecular flexibility index (Phi) is 2.90. The topological polar surface area (TPSA) is 20.2 Å². The van der Waals surface area contributed by atoms with Crippen molar-refractivity contribution in [2.24, 2.45) is 5.92 Å². The number of hydrogen-bond donors (Lipinski definition) is 1. The van der Waals surface area contributed by atoms with E-state index in [1.54, 1.807) is 0 Å². The summed E-state index contributed by atoms with van der Waals surface area (Å²) in [6, 6.07) is 0. The summed E-state index contributed by atoms with van der Waals surface area (Å²) in [5.74, 6) is -5.88. The first-order valence-electron chi connectivity index (χ1n) is 3.58. The Bertz CT molecular complexity index is 229. The molecule has 1 aliphatic rings. The van der Waals surface area contributed by atoms with Crippen LogP contribution in [-0.4, -0.2) is 30.2 Å². The van der Waals surface area contributed by atoms with Gasteiger partial charge >= 0.3 is 0 Å². The molecule has 1 N–H and O–H groups in total. The Labute approximate surface area is 70.9 Å². The molecule has 1 rings (SSSR count). The second-order valence-corrected chi connectivity index (χ2v) is 2.79. The molecule has 3 unspecified atom stereocenters. The Morgan fingerprint density at radius 2 is 1.46 bits per heavy atom. The molecule has 1 nitrogen and oxygen atoms in total. The van der Waals surface area contributed by atoms with E-state index in [2.05, 4.69) is 0 Å². The van der Waals surface area contributed by atoms with Crippen LogP contribution in [0.4, 0.5) is 22.0 Å². The third-order valence-electron chi connectivity index (χ3n) is 1.99. The van der Waals surface area contributed by atoms with Crippen LogP contribution in [0.25, 0.3) is 0 Å². The highest BCUT2D eigenvalue weighted by molar-refractivity contribution is 5.19. The lowest BCUT2D eigenvalue weighted by Gasteiger charge is -2.28. The van der Waals surface area contributed by atoms with Gasteiger partial charge in [0.25, 0.3) is 0 Å². The van der Waals surface area contributed by atoms with E-state index < -0.39 is 42.7 Å². The molecule has 0 aromatic rings. The number of hydrogen-bond acceptors (Lipinski definition) is 1. The summed E-state index contributed by atoms with van der Waals surface area (Å²) in [7, 11) is 0. The van der Waals surface area contributed by atoms with Crippen LogP contribution in [0.5, 0.6) is 0 Å². The molecule has 0 aromatic carbocycles. The highest BCUT2D eigenvalue weighted by Crippen LogP contribution is 2.37. The minimum Gasteiger partial charge on any atom is -0.396 e. The largest absolute Gasteiger partial charge is 0.396 e. The predicted molar refractivity (Wildman–Crippen MR) is 34.5 cm³/mol. The van der Waals surface area contributed by atoms with Crippen molar-refractivity contribution in [1.29, 1.82) is 0 Å². The minimum atomic E-state index is -2.82. The first kappa shape index (κ1) is 10.4. The van der Waals surface area contributed by atoms with Crippen molar-refractivity contribution in [2.45, 2.75) is 18.5 Å². The van der Waals surface area contributed by atoms with Crippen LogP contribution in [-0.2, 0) is 0 Å². The van der Waals surface area contributed by atoms with Gasteiger partial charge in [-0.2, -0.15) is 0 Å². The van der Waals surface area contributed by atoms with Gasteiger partial charge in [-0.3, -0.25) is 0 Å². The van der Waals surface area contributed by atoms with E-state index in [-0.39, 0.29) is 0 Å². The fraction of sp³-hybridized carbons (Fsp3) is 0.714. The lowest BCUT2D eigenvalue weighted by atomic mass is 9.89. The van der Waals surface area contributed by atoms with E-state index in [1.807, 2.05) is 0 Å². The number of aliphatic hydroxyl groups excluding tert-OH is 1. The first-order valence-corrected chi connectivity index (χ1v) is 3.58. The van der Waals surface area contributed by atoms with E-state index in [4.69, 9.17) is 5.11 Å². The SMILES string of the molecule is OC[C@H]1C(F)C(F)=C(F)C(F)C1F. The van der Waals surface area contributed by atoms with Crippen LogP contribution in [0.3, 0.4) is 0 Å². The molecule has 0 amide bonds. The first-order chi connectivity index (χ1) is 6.00. The van der Waals surface area contributed by atoms with Gasteiger partial charge in [0.15, 0.2) is 24.0 Å². The fourth-order valence-electron chi connectivity index (χ4n) is 1.16. The highest BCUT2D eigenvalue weighted by Gasteiger charge is 2.46. The van der Waals surface area contributed by atoms with Gasteiger partial charge in [0.1, 0.15) is 6.17 Å². The third kappa shape index (κ3) is 1.54. The second kappa shape index (κ2) is 3.61. The molecule has 0 spiro atoms. The molecule has 0 radical (unpaired) electrons. The molecule has 6 heteroatoms. The zero-order valence-electron chi connectivity index (χ0n) is 6.35. The monoisotopic (exact) mass is 202 g/mol. The van der Waals surface area contributed by atoms with Crippen molar-refractivity contribution in [3.05, 3.63) is 11.7 Å². The van der Waals surface area contributed by atoms with Gasteiger partial charge in [0.2, 0.25) is 0 Å². The van der Waals surface area contributed by atoms with Gasteiger partial charge in [-0.15, -0.1) is 0 Å². The maximum absolute atomic E-state index is 12.7. The maximum Gasteiger partial charge on any atom is 0.185 e. The number of allylic oxidation sites excluding steroid dienone is 2. The highest BCUT2D eigenvalue weighted by atomic mass is 19.2. The second-order valence-electron chi connectivity index (χ2n) is 2.79. The number of halogens is 5. The Morgan fingerprint density at radius 3 is 1.92 bits per heavy atom. The number of rotatable bonds is 1. The molecule has 1 aliphatic carbocycles. The van der Waals surface area contributed by atoms with Crippen LogP contribution in [0.1, 0.15) is 0 Å². The molecule has 0 saturated carbocycles. The molecule has 4 atom stereocenters. The van der Waals surface area contributed by atoms with Crippen molar-refractivity contribution < 1.29 is 27.1 Å². The van der Waals surface area contributed by atoms with Crippen LogP contribution in [0, 0.1) is 5.92 Å². The Morgan fingerprint density at radius 1 is 1.00 bits per heavy atom. The molecule has 13 heavy (non-hydrogen) atoms. The van der Waals surface area contributed by atoms with E-state index in [0.29, 0.717) is 0 Å². The average molecular weight is 202 g/mol. The predicted octanol–water partition coefficient (Wildman–Crippen LogP) is 1.77. The van der Waals surface area contributed by atoms with Crippen molar-refractivity contribution in [3.8, 4) is 0 Å². The molecular formula is C7H7F5O. The number of aliphatic hydroxyl groups is 1. The van der Waals surface area contributed by atoms with E-state index in [9.17, 15) is 22.0 Å². The molecule has 0 aliphatic heterocycles. The fourth-order valence-corrected chi connectivity index (χ4v) is 1.16. The summed E-state index contributed by atoms with van der Waals surface area (Å²) < 4.78 is 62.7. The Hall–Kier alpha value is -0.650. The summed E-state index contributed by atoms with van der Waals surface area (Å²) in [4.78, 5) is 0. The zero-order valence-corrected chi connectivity index (χ0v) is 6.35. The van der Waals surface area contributed by atoms with Crippen molar-refractivity contribution in [1.82, 2.24) is 0 Å². The lowest BCUT2D eigenvalue weighted by Crippen LogP contribution is -2.41. The third-order valence-corrected chi connectivity index (χ3v) is 1.99. The zero-order chi connectivity index (χ0) is 10.2. The normalized spacial score (nSPS) is 41.1. The van der Waals surface area contributed by atoms with Crippen LogP contribution in [0.2, 0.25) is 0 Å². The van der Waals surface area contributed by atoms with Gasteiger partial charge < -0.3 is 5.11 Å². The van der Waals surface area contributed by atoms with Crippen molar-refractivity contribution in [3.63, 3.8) is 0 Å². The van der Waals surface area contributed by atoms with Crippen LogP contribution in [0.15, 0.2) is 11.7 Å². The van der Waals surface area contributed by atoms with Gasteiger partial charge in [-0.05, 0) is 0 Å². The van der Waals surface area contributed by atoms with Crippen LogP contribution < -0.4 is 0 Å². The molecule has 0 heterocycles. The summed E-state index contributed by atoms with van der Waals surface area (Å²) in [6.45, 7) is -1.07. The summed E-state index contributed by atoms with van der Waals surface area (Å²) >= 11 is 0. The maximum atomic E-state index is 12.7. The van der Waals surface area contributed by atoms with Crippen LogP contribution >= 0.6 is 0 Å². The van der Waals surface area contributed by atoms with Crippen molar-refractivity contribution in [2.75, 3.05) is 6.61 Å². The summed E-state index contributed by atoms with van der Waals surface area (Å²) in [6.07, 6.45) is -7.96. The standard InChI is InChI=1S/C7H7F5O/c8-3-2(1-13)4(9)6(11)7(12)5(3)10/h2-5,13H,1H2/t2-,3?,4?,5?/m1/s1. The van der Waals surface area contributed by atoms with E-state index >= 15 is 0 Å².